The number of likely N-dealkylation sites (tertiary alicyclic amines) is 1. The Hall–Kier alpha value is -0.0800. The van der Waals surface area contributed by atoms with Crippen LogP contribution in [0.2, 0.25) is 0 Å². The Kier molecular flexibility index (Phi) is 3.89. The molecule has 1 saturated heterocycles. The van der Waals surface area contributed by atoms with Crippen LogP contribution in [0.4, 0.5) is 0 Å². The lowest BCUT2D eigenvalue weighted by Crippen LogP contribution is -2.55. The maximum atomic E-state index is 3.60. The summed E-state index contributed by atoms with van der Waals surface area (Å²) >= 11 is 0. The monoisotopic (exact) mass is 344 g/mol. The Balaban J connectivity index is 1.42. The van der Waals surface area contributed by atoms with E-state index in [2.05, 4.69) is 38.2 Å². The molecule has 5 rings (SSSR count). The van der Waals surface area contributed by atoms with E-state index in [1.807, 2.05) is 0 Å². The number of rotatable bonds is 1. The lowest BCUT2D eigenvalue weighted by atomic mass is 9.44. The largest absolute Gasteiger partial charge is 0.317 e. The van der Waals surface area contributed by atoms with Crippen molar-refractivity contribution in [1.82, 2.24) is 10.2 Å². The third-order valence-electron chi connectivity index (χ3n) is 10.7. The van der Waals surface area contributed by atoms with Gasteiger partial charge in [0, 0.05) is 18.6 Å². The van der Waals surface area contributed by atoms with Crippen molar-refractivity contribution in [3.05, 3.63) is 0 Å². The lowest BCUT2D eigenvalue weighted by molar-refractivity contribution is -0.113. The van der Waals surface area contributed by atoms with Gasteiger partial charge in [-0.05, 0) is 119 Å². The summed E-state index contributed by atoms with van der Waals surface area (Å²) < 4.78 is 0. The van der Waals surface area contributed by atoms with Gasteiger partial charge in [-0.2, -0.15) is 0 Å². The molecule has 1 spiro atoms. The molecule has 5 fully saturated rings. The minimum absolute atomic E-state index is 0.659. The Morgan fingerprint density at radius 2 is 1.72 bits per heavy atom. The van der Waals surface area contributed by atoms with Gasteiger partial charge in [0.1, 0.15) is 0 Å². The van der Waals surface area contributed by atoms with Crippen LogP contribution in [0.5, 0.6) is 0 Å². The molecule has 0 bridgehead atoms. The van der Waals surface area contributed by atoms with Gasteiger partial charge in [0.15, 0.2) is 0 Å². The fourth-order valence-corrected chi connectivity index (χ4v) is 9.32. The molecular formula is C23H40N2. The minimum atomic E-state index is 0.659. The van der Waals surface area contributed by atoms with Crippen LogP contribution >= 0.6 is 0 Å². The molecule has 5 aliphatic rings. The molecule has 2 heteroatoms. The highest BCUT2D eigenvalue weighted by Gasteiger charge is 2.64. The van der Waals surface area contributed by atoms with Gasteiger partial charge in [-0.15, -0.1) is 0 Å². The highest BCUT2D eigenvalue weighted by molar-refractivity contribution is 5.15. The van der Waals surface area contributed by atoms with Gasteiger partial charge in [-0.25, -0.2) is 0 Å². The maximum absolute atomic E-state index is 3.60. The average molecular weight is 345 g/mol. The summed E-state index contributed by atoms with van der Waals surface area (Å²) in [5.74, 6) is 5.17. The topological polar surface area (TPSA) is 15.3 Å². The van der Waals surface area contributed by atoms with Crippen molar-refractivity contribution in [2.45, 2.75) is 83.7 Å². The van der Waals surface area contributed by atoms with Crippen LogP contribution in [0, 0.1) is 40.4 Å². The van der Waals surface area contributed by atoms with Crippen molar-refractivity contribution in [2.75, 3.05) is 20.6 Å². The molecule has 9 atom stereocenters. The van der Waals surface area contributed by atoms with Crippen molar-refractivity contribution in [2.24, 2.45) is 40.4 Å². The third-order valence-corrected chi connectivity index (χ3v) is 10.7. The van der Waals surface area contributed by atoms with Gasteiger partial charge in [0.2, 0.25) is 0 Å². The molecule has 1 aliphatic heterocycles. The predicted molar refractivity (Wildman–Crippen MR) is 104 cm³/mol. The van der Waals surface area contributed by atoms with Crippen molar-refractivity contribution >= 4 is 0 Å². The van der Waals surface area contributed by atoms with Crippen molar-refractivity contribution in [1.29, 1.82) is 0 Å². The maximum Gasteiger partial charge on any atom is 0.00982 e. The van der Waals surface area contributed by atoms with Gasteiger partial charge in [0.25, 0.3) is 0 Å². The summed E-state index contributed by atoms with van der Waals surface area (Å²) in [5, 5.41) is 3.60. The summed E-state index contributed by atoms with van der Waals surface area (Å²) in [6, 6.07) is 1.63. The molecule has 0 radical (unpaired) electrons. The fraction of sp³-hybridized carbons (Fsp3) is 1.00. The Bertz CT molecular complexity index is 532. The quantitative estimate of drug-likeness (QED) is 0.751. The second-order valence-electron chi connectivity index (χ2n) is 11.0. The molecule has 0 aromatic heterocycles. The first-order valence-electron chi connectivity index (χ1n) is 11.4. The van der Waals surface area contributed by atoms with E-state index < -0.39 is 0 Å². The molecule has 1 N–H and O–H groups in total. The molecule has 1 heterocycles. The van der Waals surface area contributed by atoms with Gasteiger partial charge >= 0.3 is 0 Å². The molecule has 4 saturated carbocycles. The summed E-state index contributed by atoms with van der Waals surface area (Å²) in [4.78, 5) is 2.71. The van der Waals surface area contributed by atoms with E-state index in [9.17, 15) is 0 Å². The van der Waals surface area contributed by atoms with Crippen LogP contribution in [0.15, 0.2) is 0 Å². The SMILES string of the molecule is CNC1CCC2(C)C(CCC3C2CCC24CN(C)C(C)C2CCC34)C1. The first kappa shape index (κ1) is 17.0. The average Bonchev–Trinajstić information content (AvgIpc) is 3.09. The molecule has 0 amide bonds. The smallest absolute Gasteiger partial charge is 0.00982 e. The van der Waals surface area contributed by atoms with E-state index in [-0.39, 0.29) is 0 Å². The predicted octanol–water partition coefficient (Wildman–Crippen LogP) is 4.55. The van der Waals surface area contributed by atoms with Crippen LogP contribution in [0.1, 0.15) is 71.6 Å². The van der Waals surface area contributed by atoms with E-state index in [4.69, 9.17) is 0 Å². The Morgan fingerprint density at radius 1 is 0.920 bits per heavy atom. The van der Waals surface area contributed by atoms with Gasteiger partial charge in [-0.1, -0.05) is 6.92 Å². The first-order chi connectivity index (χ1) is 12.0. The molecule has 9 unspecified atom stereocenters. The molecular weight excluding hydrogens is 304 g/mol. The second kappa shape index (κ2) is 5.71. The molecule has 2 nitrogen and oxygen atoms in total. The molecule has 4 aliphatic carbocycles. The first-order valence-corrected chi connectivity index (χ1v) is 11.4. The van der Waals surface area contributed by atoms with Crippen LogP contribution in [-0.2, 0) is 0 Å². The lowest BCUT2D eigenvalue weighted by Gasteiger charge is -2.61. The summed E-state index contributed by atoms with van der Waals surface area (Å²) in [5.41, 5.74) is 1.37. The zero-order valence-electron chi connectivity index (χ0n) is 17.1. The normalized spacial score (nSPS) is 58.3. The molecule has 25 heavy (non-hydrogen) atoms. The van der Waals surface area contributed by atoms with E-state index in [1.54, 1.807) is 25.7 Å². The zero-order chi connectivity index (χ0) is 17.4. The molecule has 0 aromatic rings. The van der Waals surface area contributed by atoms with Crippen LogP contribution in [-0.4, -0.2) is 37.6 Å². The number of hydrogen-bond donors (Lipinski definition) is 1. The highest BCUT2D eigenvalue weighted by atomic mass is 15.2. The van der Waals surface area contributed by atoms with E-state index in [0.717, 1.165) is 41.7 Å². The van der Waals surface area contributed by atoms with Crippen LogP contribution in [0.25, 0.3) is 0 Å². The summed E-state index contributed by atoms with van der Waals surface area (Å²) in [6.07, 6.45) is 13.6. The van der Waals surface area contributed by atoms with E-state index in [0.29, 0.717) is 10.8 Å². The van der Waals surface area contributed by atoms with Gasteiger partial charge in [-0.3, -0.25) is 0 Å². The molecule has 142 valence electrons. The van der Waals surface area contributed by atoms with Crippen LogP contribution < -0.4 is 5.32 Å². The number of nitrogens with zero attached hydrogens (tertiary/aromatic N) is 1. The highest BCUT2D eigenvalue weighted by Crippen LogP contribution is 2.69. The Morgan fingerprint density at radius 3 is 2.52 bits per heavy atom. The van der Waals surface area contributed by atoms with Gasteiger partial charge < -0.3 is 10.2 Å². The van der Waals surface area contributed by atoms with Crippen molar-refractivity contribution < 1.29 is 0 Å². The van der Waals surface area contributed by atoms with Crippen molar-refractivity contribution in [3.8, 4) is 0 Å². The van der Waals surface area contributed by atoms with Crippen molar-refractivity contribution in [3.63, 3.8) is 0 Å². The standard InChI is InChI=1S/C23H40N2/c1-15-19-7-8-21-18-6-5-16-13-17(24-3)9-11-22(16,2)20(18)10-12-23(19,21)14-25(15)4/h15-21,24H,5-14H2,1-4H3. The molecule has 0 aromatic carbocycles. The number of nitrogens with one attached hydrogen (secondary N) is 1. The summed E-state index contributed by atoms with van der Waals surface area (Å²) in [6.45, 7) is 6.65. The van der Waals surface area contributed by atoms with E-state index in [1.165, 1.54) is 38.6 Å². The minimum Gasteiger partial charge on any atom is -0.317 e. The fourth-order valence-electron chi connectivity index (χ4n) is 9.32. The van der Waals surface area contributed by atoms with Crippen LogP contribution in [0.3, 0.4) is 0 Å². The third kappa shape index (κ3) is 2.16. The Labute approximate surface area is 155 Å². The second-order valence-corrected chi connectivity index (χ2v) is 11.0. The van der Waals surface area contributed by atoms with E-state index >= 15 is 0 Å². The zero-order valence-corrected chi connectivity index (χ0v) is 17.1. The van der Waals surface area contributed by atoms with Gasteiger partial charge in [0.05, 0.1) is 0 Å². The number of fused-ring (bicyclic) bond motifs is 4. The number of hydrogen-bond acceptors (Lipinski definition) is 2. The summed E-state index contributed by atoms with van der Waals surface area (Å²) in [7, 11) is 4.58.